The van der Waals surface area contributed by atoms with Crippen molar-refractivity contribution < 1.29 is 26.3 Å². The molecular weight excluding hydrogens is 308 g/mol. The topological polar surface area (TPSA) is 93.2 Å². The molecule has 1 saturated heterocycles. The van der Waals surface area contributed by atoms with Crippen molar-refractivity contribution in [1.29, 1.82) is 0 Å². The van der Waals surface area contributed by atoms with E-state index >= 15 is 0 Å². The molecule has 120 valence electrons. The van der Waals surface area contributed by atoms with Crippen LogP contribution in [0, 0.1) is 0 Å². The van der Waals surface area contributed by atoms with Crippen molar-refractivity contribution in [2.75, 3.05) is 38.8 Å². The van der Waals surface area contributed by atoms with Gasteiger partial charge in [0.15, 0.2) is 12.5 Å². The standard InChI is InChI=1S/C10H22N2O6S2/c1-5-17-9-10(18-6-2)12(20(4,15)16)8-7-11(9)19(3,13)14/h9-10H,5-8H2,1-4H3/t9-,10+. The van der Waals surface area contributed by atoms with Crippen molar-refractivity contribution in [3.63, 3.8) is 0 Å². The highest BCUT2D eigenvalue weighted by atomic mass is 32.2. The average molecular weight is 330 g/mol. The molecule has 1 fully saturated rings. The molecule has 8 nitrogen and oxygen atoms in total. The summed E-state index contributed by atoms with van der Waals surface area (Å²) in [6.45, 7) is 4.00. The first kappa shape index (κ1) is 17.8. The van der Waals surface area contributed by atoms with Gasteiger partial charge in [-0.25, -0.2) is 16.8 Å². The van der Waals surface area contributed by atoms with Crippen molar-refractivity contribution in [2.45, 2.75) is 26.3 Å². The van der Waals surface area contributed by atoms with Crippen molar-refractivity contribution in [3.05, 3.63) is 0 Å². The van der Waals surface area contributed by atoms with E-state index in [0.29, 0.717) is 0 Å². The van der Waals surface area contributed by atoms with Crippen LogP contribution in [0.3, 0.4) is 0 Å². The smallest absolute Gasteiger partial charge is 0.213 e. The molecular formula is C10H22N2O6S2. The lowest BCUT2D eigenvalue weighted by atomic mass is 10.3. The summed E-state index contributed by atoms with van der Waals surface area (Å²) in [7, 11) is -7.02. The van der Waals surface area contributed by atoms with Gasteiger partial charge in [-0.2, -0.15) is 8.61 Å². The van der Waals surface area contributed by atoms with Gasteiger partial charge >= 0.3 is 0 Å². The summed E-state index contributed by atoms with van der Waals surface area (Å²) in [6.07, 6.45) is 0.188. The van der Waals surface area contributed by atoms with E-state index in [-0.39, 0.29) is 26.3 Å². The Bertz CT molecular complexity index is 470. The van der Waals surface area contributed by atoms with Crippen molar-refractivity contribution in [3.8, 4) is 0 Å². The molecule has 0 spiro atoms. The zero-order valence-electron chi connectivity index (χ0n) is 12.1. The van der Waals surface area contributed by atoms with E-state index in [1.165, 1.54) is 0 Å². The number of hydrogen-bond donors (Lipinski definition) is 0. The molecule has 20 heavy (non-hydrogen) atoms. The van der Waals surface area contributed by atoms with Crippen LogP contribution < -0.4 is 0 Å². The Morgan fingerprint density at radius 1 is 0.850 bits per heavy atom. The second-order valence-corrected chi connectivity index (χ2v) is 8.31. The second kappa shape index (κ2) is 6.67. The van der Waals surface area contributed by atoms with E-state index in [1.807, 2.05) is 0 Å². The molecule has 0 aromatic carbocycles. The highest BCUT2D eigenvalue weighted by molar-refractivity contribution is 7.88. The minimum atomic E-state index is -3.51. The van der Waals surface area contributed by atoms with Gasteiger partial charge in [0.1, 0.15) is 0 Å². The summed E-state index contributed by atoms with van der Waals surface area (Å²) in [6, 6.07) is 0. The Kier molecular flexibility index (Phi) is 5.93. The van der Waals surface area contributed by atoms with Crippen LogP contribution in [0.15, 0.2) is 0 Å². The highest BCUT2D eigenvalue weighted by Crippen LogP contribution is 2.24. The van der Waals surface area contributed by atoms with Gasteiger partial charge in [0, 0.05) is 26.3 Å². The third-order valence-electron chi connectivity index (χ3n) is 2.88. The molecule has 1 aliphatic heterocycles. The Labute approximate surface area is 120 Å². The van der Waals surface area contributed by atoms with Crippen LogP contribution in [0.5, 0.6) is 0 Å². The van der Waals surface area contributed by atoms with E-state index in [4.69, 9.17) is 9.47 Å². The monoisotopic (exact) mass is 330 g/mol. The fourth-order valence-corrected chi connectivity index (χ4v) is 4.03. The van der Waals surface area contributed by atoms with Crippen LogP contribution in [0.1, 0.15) is 13.8 Å². The lowest BCUT2D eigenvalue weighted by Crippen LogP contribution is -2.63. The predicted octanol–water partition coefficient (Wildman–Crippen LogP) is -0.752. The van der Waals surface area contributed by atoms with Gasteiger partial charge in [0.25, 0.3) is 0 Å². The van der Waals surface area contributed by atoms with Crippen LogP contribution in [0.2, 0.25) is 0 Å². The molecule has 0 radical (unpaired) electrons. The molecule has 0 amide bonds. The summed E-state index contributed by atoms with van der Waals surface area (Å²) >= 11 is 0. The van der Waals surface area contributed by atoms with Crippen molar-refractivity contribution in [1.82, 2.24) is 8.61 Å². The lowest BCUT2D eigenvalue weighted by Gasteiger charge is -2.43. The minimum Gasteiger partial charge on any atom is -0.358 e. The maximum atomic E-state index is 11.8. The fourth-order valence-electron chi connectivity index (χ4n) is 2.12. The lowest BCUT2D eigenvalue weighted by molar-refractivity contribution is -0.173. The Morgan fingerprint density at radius 2 is 1.15 bits per heavy atom. The number of nitrogens with zero attached hydrogens (tertiary/aromatic N) is 2. The normalized spacial score (nSPS) is 26.8. The molecule has 0 aromatic rings. The first-order chi connectivity index (χ1) is 9.12. The van der Waals surface area contributed by atoms with E-state index in [0.717, 1.165) is 21.1 Å². The van der Waals surface area contributed by atoms with Crippen molar-refractivity contribution >= 4 is 20.0 Å². The summed E-state index contributed by atoms with van der Waals surface area (Å²) in [5.74, 6) is 0. The molecule has 0 bridgehead atoms. The van der Waals surface area contributed by atoms with Gasteiger partial charge in [0.05, 0.1) is 12.5 Å². The zero-order chi connectivity index (χ0) is 15.6. The molecule has 0 aliphatic carbocycles. The number of ether oxygens (including phenoxy) is 2. The maximum absolute atomic E-state index is 11.8. The van der Waals surface area contributed by atoms with Gasteiger partial charge in [-0.15, -0.1) is 0 Å². The Morgan fingerprint density at radius 3 is 1.35 bits per heavy atom. The van der Waals surface area contributed by atoms with Crippen molar-refractivity contribution in [2.24, 2.45) is 0 Å². The average Bonchev–Trinajstić information content (AvgIpc) is 2.28. The quantitative estimate of drug-likeness (QED) is 0.636. The van der Waals surface area contributed by atoms with Crippen LogP contribution in [-0.4, -0.2) is 76.7 Å². The zero-order valence-corrected chi connectivity index (χ0v) is 13.8. The number of piperazine rings is 1. The van der Waals surface area contributed by atoms with Gasteiger partial charge in [-0.3, -0.25) is 0 Å². The summed E-state index contributed by atoms with van der Waals surface area (Å²) in [5.41, 5.74) is 0. The van der Waals surface area contributed by atoms with E-state index < -0.39 is 32.5 Å². The predicted molar refractivity (Wildman–Crippen MR) is 73.9 cm³/mol. The second-order valence-electron chi connectivity index (χ2n) is 4.44. The third kappa shape index (κ3) is 4.12. The van der Waals surface area contributed by atoms with Gasteiger partial charge in [-0.05, 0) is 13.8 Å². The highest BCUT2D eigenvalue weighted by Gasteiger charge is 2.45. The largest absolute Gasteiger partial charge is 0.358 e. The van der Waals surface area contributed by atoms with Crippen LogP contribution in [-0.2, 0) is 29.5 Å². The molecule has 1 aliphatic rings. The molecule has 2 atom stereocenters. The van der Waals surface area contributed by atoms with Crippen LogP contribution in [0.4, 0.5) is 0 Å². The Balaban J connectivity index is 3.18. The van der Waals surface area contributed by atoms with Gasteiger partial charge in [0.2, 0.25) is 20.0 Å². The third-order valence-corrected chi connectivity index (χ3v) is 5.36. The fraction of sp³-hybridized carbons (Fsp3) is 1.00. The molecule has 0 unspecified atom stereocenters. The SMILES string of the molecule is CCO[C@@H]1[C@H](OCC)N(S(C)(=O)=O)CCN1S(C)(=O)=O. The molecule has 1 heterocycles. The first-order valence-electron chi connectivity index (χ1n) is 6.29. The Hall–Kier alpha value is -0.260. The summed E-state index contributed by atoms with van der Waals surface area (Å²) in [4.78, 5) is 0. The number of hydrogen-bond acceptors (Lipinski definition) is 6. The van der Waals surface area contributed by atoms with Crippen LogP contribution in [0.25, 0.3) is 0 Å². The molecule has 0 N–H and O–H groups in total. The van der Waals surface area contributed by atoms with Gasteiger partial charge < -0.3 is 9.47 Å². The molecule has 10 heteroatoms. The minimum absolute atomic E-state index is 0.0418. The van der Waals surface area contributed by atoms with Gasteiger partial charge in [-0.1, -0.05) is 0 Å². The first-order valence-corrected chi connectivity index (χ1v) is 9.99. The van der Waals surface area contributed by atoms with E-state index in [2.05, 4.69) is 0 Å². The molecule has 0 aromatic heterocycles. The molecule has 1 rings (SSSR count). The molecule has 0 saturated carbocycles. The van der Waals surface area contributed by atoms with E-state index in [1.54, 1.807) is 13.8 Å². The summed E-state index contributed by atoms with van der Waals surface area (Å²) in [5, 5.41) is 0. The van der Waals surface area contributed by atoms with E-state index in [9.17, 15) is 16.8 Å². The summed E-state index contributed by atoms with van der Waals surface area (Å²) < 4.78 is 60.3. The number of sulfonamides is 2. The number of rotatable bonds is 6. The van der Waals surface area contributed by atoms with Crippen LogP contribution >= 0.6 is 0 Å². The maximum Gasteiger partial charge on any atom is 0.213 e.